The maximum absolute atomic E-state index is 13.8. The van der Waals surface area contributed by atoms with Crippen molar-refractivity contribution in [3.8, 4) is 11.3 Å². The number of aromatic nitrogens is 1. The lowest BCUT2D eigenvalue weighted by Crippen LogP contribution is -2.50. The fourth-order valence-corrected chi connectivity index (χ4v) is 6.80. The first kappa shape index (κ1) is 24.5. The van der Waals surface area contributed by atoms with Gasteiger partial charge >= 0.3 is 0 Å². The number of likely N-dealkylation sites (N-methyl/N-ethyl adjacent to an activating group) is 1. The highest BCUT2D eigenvalue weighted by atomic mass is 32.2. The second-order valence-corrected chi connectivity index (χ2v) is 12.5. The van der Waals surface area contributed by atoms with Gasteiger partial charge in [-0.3, -0.25) is 4.79 Å². The Kier molecular flexibility index (Phi) is 6.05. The Morgan fingerprint density at radius 2 is 1.92 bits per heavy atom. The molecule has 2 aromatic carbocycles. The first-order valence-electron chi connectivity index (χ1n) is 13.2. The summed E-state index contributed by atoms with van der Waals surface area (Å²) in [5, 5.41) is 1.09. The lowest BCUT2D eigenvalue weighted by atomic mass is 10.1. The number of ether oxygens (including phenoxy) is 1. The number of nitrogens with zero attached hydrogens (tertiary/aromatic N) is 3. The van der Waals surface area contributed by atoms with Gasteiger partial charge in [0.25, 0.3) is 0 Å². The highest BCUT2D eigenvalue weighted by Crippen LogP contribution is 2.42. The van der Waals surface area contributed by atoms with Crippen LogP contribution in [0.15, 0.2) is 47.4 Å². The molecule has 0 radical (unpaired) electrons. The van der Waals surface area contributed by atoms with Gasteiger partial charge in [-0.15, -0.1) is 0 Å². The van der Waals surface area contributed by atoms with Crippen molar-refractivity contribution in [1.29, 1.82) is 0 Å². The van der Waals surface area contributed by atoms with Crippen LogP contribution in [0.1, 0.15) is 31.7 Å². The number of hydrogen-bond acceptors (Lipinski definition) is 5. The van der Waals surface area contributed by atoms with Gasteiger partial charge in [0.2, 0.25) is 15.9 Å². The van der Waals surface area contributed by atoms with Crippen molar-refractivity contribution in [2.45, 2.75) is 43.6 Å². The van der Waals surface area contributed by atoms with Crippen LogP contribution in [-0.4, -0.2) is 80.0 Å². The molecule has 0 atom stereocenters. The number of fused-ring (bicyclic) bond motifs is 1. The van der Waals surface area contributed by atoms with Crippen molar-refractivity contribution in [1.82, 2.24) is 14.2 Å². The van der Waals surface area contributed by atoms with Gasteiger partial charge in [0.1, 0.15) is 0 Å². The highest BCUT2D eigenvalue weighted by molar-refractivity contribution is 7.89. The third-order valence-corrected chi connectivity index (χ3v) is 9.86. The number of morpholine rings is 1. The van der Waals surface area contributed by atoms with Crippen molar-refractivity contribution < 1.29 is 17.9 Å². The Morgan fingerprint density at radius 1 is 1.11 bits per heavy atom. The number of amides is 1. The number of rotatable bonds is 7. The normalized spacial score (nSPS) is 19.0. The molecule has 196 valence electrons. The molecule has 3 heterocycles. The zero-order chi connectivity index (χ0) is 25.8. The van der Waals surface area contributed by atoms with E-state index >= 15 is 0 Å². The molecule has 1 amide bonds. The second-order valence-electron chi connectivity index (χ2n) is 10.6. The molecule has 37 heavy (non-hydrogen) atoms. The van der Waals surface area contributed by atoms with Gasteiger partial charge in [0.15, 0.2) is 0 Å². The number of aryl methyl sites for hydroxylation is 1. The standard InChI is InChI=1S/C28H34N4O4S/c1-3-32(18-27(33)31-13-14-36-28(19-31)9-10-28)37(34,35)22-7-8-26(30-11-4-12-30)23(17-22)25-16-21-6-5-20(2)15-24(21)29-25/h5-8,15-17,29H,3-4,9-14,18-19H2,1-2H3. The number of nitrogens with one attached hydrogen (secondary N) is 1. The van der Waals surface area contributed by atoms with Crippen LogP contribution in [0.5, 0.6) is 0 Å². The molecular formula is C28H34N4O4S. The minimum atomic E-state index is -3.87. The van der Waals surface area contributed by atoms with E-state index in [9.17, 15) is 13.2 Å². The molecule has 9 heteroatoms. The number of carbonyl (C=O) groups excluding carboxylic acids is 1. The molecule has 6 rings (SSSR count). The number of benzene rings is 2. The summed E-state index contributed by atoms with van der Waals surface area (Å²) in [7, 11) is -3.87. The molecule has 1 saturated carbocycles. The SMILES string of the molecule is CCN(CC(=O)N1CCOC2(CC2)C1)S(=O)(=O)c1ccc(N2CCC2)c(-c2cc3ccc(C)cc3[nH]2)c1. The molecule has 2 saturated heterocycles. The van der Waals surface area contributed by atoms with Crippen LogP contribution in [0.3, 0.4) is 0 Å². The topological polar surface area (TPSA) is 85.9 Å². The number of aromatic amines is 1. The van der Waals surface area contributed by atoms with E-state index in [2.05, 4.69) is 41.1 Å². The molecule has 3 fully saturated rings. The largest absolute Gasteiger partial charge is 0.371 e. The lowest BCUT2D eigenvalue weighted by Gasteiger charge is -2.35. The van der Waals surface area contributed by atoms with Gasteiger partial charge in [0, 0.05) is 60.6 Å². The van der Waals surface area contributed by atoms with Crippen molar-refractivity contribution in [2.75, 3.05) is 50.8 Å². The van der Waals surface area contributed by atoms with E-state index in [0.717, 1.165) is 65.8 Å². The van der Waals surface area contributed by atoms with Crippen LogP contribution >= 0.6 is 0 Å². The van der Waals surface area contributed by atoms with E-state index in [1.165, 1.54) is 4.31 Å². The molecule has 3 aliphatic rings. The highest BCUT2D eigenvalue weighted by Gasteiger charge is 2.48. The molecule has 0 bridgehead atoms. The minimum Gasteiger partial charge on any atom is -0.371 e. The predicted molar refractivity (Wildman–Crippen MR) is 144 cm³/mol. The van der Waals surface area contributed by atoms with Crippen LogP contribution < -0.4 is 4.90 Å². The van der Waals surface area contributed by atoms with Crippen LogP contribution in [0.4, 0.5) is 5.69 Å². The fourth-order valence-electron chi connectivity index (χ4n) is 5.38. The molecule has 3 aromatic rings. The third-order valence-electron chi connectivity index (χ3n) is 7.94. The van der Waals surface area contributed by atoms with Crippen LogP contribution in [-0.2, 0) is 19.6 Å². The van der Waals surface area contributed by atoms with Gasteiger partial charge in [-0.2, -0.15) is 4.31 Å². The third kappa shape index (κ3) is 4.53. The minimum absolute atomic E-state index is 0.163. The van der Waals surface area contributed by atoms with Gasteiger partial charge in [0.05, 0.1) is 23.6 Å². The van der Waals surface area contributed by atoms with E-state index in [4.69, 9.17) is 4.74 Å². The molecule has 1 aromatic heterocycles. The molecule has 8 nitrogen and oxygen atoms in total. The van der Waals surface area contributed by atoms with E-state index in [0.29, 0.717) is 19.7 Å². The average molecular weight is 523 g/mol. The van der Waals surface area contributed by atoms with Crippen molar-refractivity contribution in [2.24, 2.45) is 0 Å². The second kappa shape index (κ2) is 9.15. The summed E-state index contributed by atoms with van der Waals surface area (Å²) in [4.78, 5) is 20.9. The molecule has 0 unspecified atom stereocenters. The number of sulfonamides is 1. The lowest BCUT2D eigenvalue weighted by molar-refractivity contribution is -0.140. The average Bonchev–Trinajstić information content (AvgIpc) is 3.45. The summed E-state index contributed by atoms with van der Waals surface area (Å²) < 4.78 is 34.7. The number of carbonyl (C=O) groups is 1. The van der Waals surface area contributed by atoms with Crippen LogP contribution in [0, 0.1) is 6.92 Å². The Balaban J connectivity index is 1.32. The van der Waals surface area contributed by atoms with E-state index in [-0.39, 0.29) is 29.5 Å². The molecule has 1 spiro atoms. The van der Waals surface area contributed by atoms with E-state index in [1.807, 2.05) is 6.07 Å². The predicted octanol–water partition coefficient (Wildman–Crippen LogP) is 3.76. The Hall–Kier alpha value is -2.88. The first-order chi connectivity index (χ1) is 17.8. The number of hydrogen-bond donors (Lipinski definition) is 1. The fraction of sp³-hybridized carbons (Fsp3) is 0.464. The molecular weight excluding hydrogens is 488 g/mol. The number of H-pyrrole nitrogens is 1. The number of anilines is 1. The summed E-state index contributed by atoms with van der Waals surface area (Å²) in [5.74, 6) is -0.164. The van der Waals surface area contributed by atoms with Gasteiger partial charge in [-0.25, -0.2) is 8.42 Å². The Morgan fingerprint density at radius 3 is 2.62 bits per heavy atom. The van der Waals surface area contributed by atoms with Gasteiger partial charge in [-0.1, -0.05) is 19.1 Å². The van der Waals surface area contributed by atoms with Crippen molar-refractivity contribution >= 4 is 32.5 Å². The molecule has 1 aliphatic carbocycles. The van der Waals surface area contributed by atoms with Crippen molar-refractivity contribution in [3.05, 3.63) is 48.0 Å². The smallest absolute Gasteiger partial charge is 0.243 e. The molecule has 1 N–H and O–H groups in total. The van der Waals surface area contributed by atoms with E-state index < -0.39 is 10.0 Å². The summed E-state index contributed by atoms with van der Waals surface area (Å²) in [6.07, 6.45) is 3.05. The zero-order valence-corrected chi connectivity index (χ0v) is 22.3. The van der Waals surface area contributed by atoms with Crippen molar-refractivity contribution in [3.63, 3.8) is 0 Å². The Labute approximate surface area is 218 Å². The summed E-state index contributed by atoms with van der Waals surface area (Å²) >= 11 is 0. The monoisotopic (exact) mass is 522 g/mol. The van der Waals surface area contributed by atoms with Crippen LogP contribution in [0.25, 0.3) is 22.2 Å². The maximum Gasteiger partial charge on any atom is 0.243 e. The zero-order valence-electron chi connectivity index (χ0n) is 21.5. The quantitative estimate of drug-likeness (QED) is 0.511. The van der Waals surface area contributed by atoms with Gasteiger partial charge in [-0.05, 0) is 62.1 Å². The van der Waals surface area contributed by atoms with Crippen LogP contribution in [0.2, 0.25) is 0 Å². The van der Waals surface area contributed by atoms with E-state index in [1.54, 1.807) is 24.0 Å². The van der Waals surface area contributed by atoms with Gasteiger partial charge < -0.3 is 19.5 Å². The summed E-state index contributed by atoms with van der Waals surface area (Å²) in [6, 6.07) is 13.7. The molecule has 2 aliphatic heterocycles. The first-order valence-corrected chi connectivity index (χ1v) is 14.6. The Bertz CT molecular complexity index is 1460. The summed E-state index contributed by atoms with van der Waals surface area (Å²) in [6.45, 7) is 7.37. The summed E-state index contributed by atoms with van der Waals surface area (Å²) in [5.41, 5.74) is 4.77. The maximum atomic E-state index is 13.8.